The molecule has 0 aliphatic rings. The molecule has 0 fully saturated rings. The summed E-state index contributed by atoms with van der Waals surface area (Å²) >= 11 is 0. The van der Waals surface area contributed by atoms with Crippen LogP contribution in [0.5, 0.6) is 17.2 Å². The monoisotopic (exact) mass is 288 g/mol. The number of ether oxygens (including phenoxy) is 3. The van der Waals surface area contributed by atoms with Crippen LogP contribution in [0.4, 0.5) is 0 Å². The van der Waals surface area contributed by atoms with Gasteiger partial charge in [0.15, 0.2) is 0 Å². The minimum atomic E-state index is -0.704. The zero-order chi connectivity index (χ0) is 15.2. The summed E-state index contributed by atoms with van der Waals surface area (Å²) in [4.78, 5) is 0. The van der Waals surface area contributed by atoms with Crippen molar-refractivity contribution < 1.29 is 19.3 Å². The maximum absolute atomic E-state index is 10.5. The van der Waals surface area contributed by atoms with Gasteiger partial charge in [-0.25, -0.2) is 0 Å². The van der Waals surface area contributed by atoms with Gasteiger partial charge in [-0.2, -0.15) is 0 Å². The minimum Gasteiger partial charge on any atom is -0.497 e. The van der Waals surface area contributed by atoms with Crippen molar-refractivity contribution in [2.75, 3.05) is 21.3 Å². The highest BCUT2D eigenvalue weighted by atomic mass is 16.5. The van der Waals surface area contributed by atoms with Crippen molar-refractivity contribution in [1.82, 2.24) is 0 Å². The van der Waals surface area contributed by atoms with Gasteiger partial charge in [-0.3, -0.25) is 0 Å². The molecule has 0 heterocycles. The topological polar surface area (TPSA) is 47.9 Å². The van der Waals surface area contributed by atoms with Crippen molar-refractivity contribution in [3.05, 3.63) is 53.6 Å². The molecule has 2 aromatic carbocycles. The quantitative estimate of drug-likeness (QED) is 0.887. The lowest BCUT2D eigenvalue weighted by Gasteiger charge is -2.18. The number of hydrogen-bond donors (Lipinski definition) is 1. The lowest BCUT2D eigenvalue weighted by molar-refractivity contribution is 0.169. The zero-order valence-electron chi connectivity index (χ0n) is 12.5. The van der Waals surface area contributed by atoms with Crippen molar-refractivity contribution in [2.24, 2.45) is 0 Å². The van der Waals surface area contributed by atoms with Gasteiger partial charge in [0.2, 0.25) is 0 Å². The van der Waals surface area contributed by atoms with Crippen LogP contribution in [0.3, 0.4) is 0 Å². The molecule has 0 radical (unpaired) electrons. The van der Waals surface area contributed by atoms with Crippen LogP contribution in [0.15, 0.2) is 42.5 Å². The Bertz CT molecular complexity index is 556. The van der Waals surface area contributed by atoms with E-state index in [9.17, 15) is 5.11 Å². The zero-order valence-corrected chi connectivity index (χ0v) is 12.5. The molecular weight excluding hydrogens is 268 g/mol. The Balaban J connectivity index is 2.24. The molecule has 0 aliphatic carbocycles. The molecule has 0 amide bonds. The van der Waals surface area contributed by atoms with E-state index in [2.05, 4.69) is 0 Å². The Hall–Kier alpha value is -2.20. The molecule has 2 rings (SSSR count). The fraction of sp³-hybridized carbons (Fsp3) is 0.294. The first-order valence-electron chi connectivity index (χ1n) is 6.71. The Morgan fingerprint density at radius 3 is 1.90 bits per heavy atom. The Labute approximate surface area is 124 Å². The SMILES string of the molecule is COc1ccc(CC(O)c2c(OC)cccc2OC)cc1. The first-order chi connectivity index (χ1) is 10.2. The molecule has 0 aliphatic heterocycles. The smallest absolute Gasteiger partial charge is 0.128 e. The summed E-state index contributed by atoms with van der Waals surface area (Å²) in [5.74, 6) is 2.04. The van der Waals surface area contributed by atoms with Crippen molar-refractivity contribution in [3.63, 3.8) is 0 Å². The van der Waals surface area contributed by atoms with Crippen molar-refractivity contribution >= 4 is 0 Å². The van der Waals surface area contributed by atoms with Crippen LogP contribution in [-0.4, -0.2) is 26.4 Å². The largest absolute Gasteiger partial charge is 0.497 e. The number of aliphatic hydroxyl groups is 1. The standard InChI is InChI=1S/C17H20O4/c1-19-13-9-7-12(8-10-13)11-14(18)17-15(20-2)5-4-6-16(17)21-3/h4-10,14,18H,11H2,1-3H3. The fourth-order valence-electron chi connectivity index (χ4n) is 2.30. The highest BCUT2D eigenvalue weighted by Gasteiger charge is 2.19. The van der Waals surface area contributed by atoms with Crippen LogP contribution < -0.4 is 14.2 Å². The van der Waals surface area contributed by atoms with Crippen molar-refractivity contribution in [3.8, 4) is 17.2 Å². The van der Waals surface area contributed by atoms with Gasteiger partial charge in [-0.15, -0.1) is 0 Å². The molecule has 0 bridgehead atoms. The molecule has 0 saturated carbocycles. The first kappa shape index (κ1) is 15.2. The van der Waals surface area contributed by atoms with Gasteiger partial charge in [0.05, 0.1) is 33.0 Å². The molecule has 0 saturated heterocycles. The molecule has 2 aromatic rings. The lowest BCUT2D eigenvalue weighted by Crippen LogP contribution is -2.06. The predicted octanol–water partition coefficient (Wildman–Crippen LogP) is 2.99. The van der Waals surface area contributed by atoms with Gasteiger partial charge >= 0.3 is 0 Å². The first-order valence-corrected chi connectivity index (χ1v) is 6.71. The lowest BCUT2D eigenvalue weighted by atomic mass is 9.99. The minimum absolute atomic E-state index is 0.473. The second-order valence-corrected chi connectivity index (χ2v) is 4.64. The van der Waals surface area contributed by atoms with E-state index in [-0.39, 0.29) is 0 Å². The fourth-order valence-corrected chi connectivity index (χ4v) is 2.30. The van der Waals surface area contributed by atoms with Gasteiger partial charge in [-0.05, 0) is 29.8 Å². The van der Waals surface area contributed by atoms with E-state index in [0.717, 1.165) is 11.3 Å². The highest BCUT2D eigenvalue weighted by molar-refractivity contribution is 5.47. The molecular formula is C17H20O4. The number of rotatable bonds is 6. The molecule has 1 unspecified atom stereocenters. The summed E-state index contributed by atoms with van der Waals surface area (Å²) in [6.07, 6.45) is -0.231. The Morgan fingerprint density at radius 2 is 1.43 bits per heavy atom. The molecule has 4 nitrogen and oxygen atoms in total. The summed E-state index contributed by atoms with van der Waals surface area (Å²) in [7, 11) is 4.79. The summed E-state index contributed by atoms with van der Waals surface area (Å²) in [5.41, 5.74) is 1.68. The molecule has 1 N–H and O–H groups in total. The maximum Gasteiger partial charge on any atom is 0.128 e. The third-order valence-electron chi connectivity index (χ3n) is 3.39. The molecule has 21 heavy (non-hydrogen) atoms. The Kier molecular flexibility index (Phi) is 5.06. The molecule has 4 heteroatoms. The summed E-state index contributed by atoms with van der Waals surface area (Å²) in [5, 5.41) is 10.5. The van der Waals surface area contributed by atoms with Crippen LogP contribution >= 0.6 is 0 Å². The van der Waals surface area contributed by atoms with Crippen molar-refractivity contribution in [1.29, 1.82) is 0 Å². The summed E-state index contributed by atoms with van der Waals surface area (Å²) in [6, 6.07) is 13.1. The second-order valence-electron chi connectivity index (χ2n) is 4.64. The molecule has 0 spiro atoms. The average molecular weight is 288 g/mol. The summed E-state index contributed by atoms with van der Waals surface area (Å²) < 4.78 is 15.8. The number of hydrogen-bond acceptors (Lipinski definition) is 4. The van der Waals surface area contributed by atoms with Crippen LogP contribution in [0.2, 0.25) is 0 Å². The normalized spacial score (nSPS) is 11.8. The maximum atomic E-state index is 10.5. The third-order valence-corrected chi connectivity index (χ3v) is 3.39. The van der Waals surface area contributed by atoms with E-state index in [1.54, 1.807) is 21.3 Å². The van der Waals surface area contributed by atoms with Gasteiger partial charge in [0.25, 0.3) is 0 Å². The number of aliphatic hydroxyl groups excluding tert-OH is 1. The van der Waals surface area contributed by atoms with Gasteiger partial charge in [-0.1, -0.05) is 18.2 Å². The number of methoxy groups -OCH3 is 3. The highest BCUT2D eigenvalue weighted by Crippen LogP contribution is 2.35. The van der Waals surface area contributed by atoms with Gasteiger partial charge < -0.3 is 19.3 Å². The van der Waals surface area contributed by atoms with Crippen LogP contribution in [-0.2, 0) is 6.42 Å². The van der Waals surface area contributed by atoms with Crippen LogP contribution in [0, 0.1) is 0 Å². The van der Waals surface area contributed by atoms with E-state index in [4.69, 9.17) is 14.2 Å². The predicted molar refractivity (Wildman–Crippen MR) is 81.2 cm³/mol. The van der Waals surface area contributed by atoms with Crippen molar-refractivity contribution in [2.45, 2.75) is 12.5 Å². The molecule has 0 aromatic heterocycles. The van der Waals surface area contributed by atoms with E-state index in [1.165, 1.54) is 0 Å². The van der Waals surface area contributed by atoms with E-state index in [1.807, 2.05) is 42.5 Å². The van der Waals surface area contributed by atoms with E-state index < -0.39 is 6.10 Å². The number of benzene rings is 2. The van der Waals surface area contributed by atoms with E-state index >= 15 is 0 Å². The molecule has 112 valence electrons. The van der Waals surface area contributed by atoms with E-state index in [0.29, 0.717) is 23.5 Å². The van der Waals surface area contributed by atoms with Gasteiger partial charge in [0, 0.05) is 6.42 Å². The molecule has 1 atom stereocenters. The Morgan fingerprint density at radius 1 is 0.857 bits per heavy atom. The van der Waals surface area contributed by atoms with Gasteiger partial charge in [0.1, 0.15) is 17.2 Å². The van der Waals surface area contributed by atoms with Crippen LogP contribution in [0.1, 0.15) is 17.2 Å². The third kappa shape index (κ3) is 3.47. The van der Waals surface area contributed by atoms with Crippen LogP contribution in [0.25, 0.3) is 0 Å². The summed E-state index contributed by atoms with van der Waals surface area (Å²) in [6.45, 7) is 0. The second kappa shape index (κ2) is 6.99. The average Bonchev–Trinajstić information content (AvgIpc) is 2.54.